The van der Waals surface area contributed by atoms with Crippen molar-refractivity contribution in [2.75, 3.05) is 0 Å². The Bertz CT molecular complexity index is 776. The summed E-state index contributed by atoms with van der Waals surface area (Å²) in [5.74, 6) is -1.08. The van der Waals surface area contributed by atoms with Crippen LogP contribution in [0.5, 0.6) is 0 Å². The third-order valence-corrected chi connectivity index (χ3v) is 4.02. The number of carbonyl (C=O) groups is 2. The summed E-state index contributed by atoms with van der Waals surface area (Å²) in [5.41, 5.74) is 0.218. The summed E-state index contributed by atoms with van der Waals surface area (Å²) in [6.07, 6.45) is -0.638. The zero-order valence-electron chi connectivity index (χ0n) is 12.8. The number of hydrogen-bond donors (Lipinski definition) is 0. The Hall–Kier alpha value is -2.54. The van der Waals surface area contributed by atoms with Gasteiger partial charge in [-0.15, -0.1) is 0 Å². The fourth-order valence-corrected chi connectivity index (χ4v) is 2.48. The number of nitro benzene ring substituents is 1. The molecule has 0 aliphatic rings. The van der Waals surface area contributed by atoms with Crippen molar-refractivity contribution in [3.05, 3.63) is 74.2 Å². The van der Waals surface area contributed by atoms with Crippen molar-refractivity contribution in [1.29, 1.82) is 0 Å². The number of rotatable bonds is 6. The molecule has 124 valence electrons. The minimum atomic E-state index is -0.942. The van der Waals surface area contributed by atoms with E-state index < -0.39 is 17.0 Å². The molecule has 2 aromatic rings. The molecular weight excluding hydrogens is 378 g/mol. The van der Waals surface area contributed by atoms with Gasteiger partial charge >= 0.3 is 5.97 Å². The topological polar surface area (TPSA) is 86.5 Å². The highest BCUT2D eigenvalue weighted by Gasteiger charge is 2.24. The average molecular weight is 392 g/mol. The van der Waals surface area contributed by atoms with Crippen LogP contribution in [0.1, 0.15) is 34.1 Å². The van der Waals surface area contributed by atoms with Crippen molar-refractivity contribution in [1.82, 2.24) is 0 Å². The van der Waals surface area contributed by atoms with Gasteiger partial charge in [0.15, 0.2) is 6.10 Å². The van der Waals surface area contributed by atoms with Gasteiger partial charge < -0.3 is 4.74 Å². The number of ketones is 1. The van der Waals surface area contributed by atoms with Crippen molar-refractivity contribution in [3.8, 4) is 0 Å². The first-order valence-electron chi connectivity index (χ1n) is 7.18. The average Bonchev–Trinajstić information content (AvgIpc) is 2.59. The van der Waals surface area contributed by atoms with Crippen LogP contribution < -0.4 is 0 Å². The smallest absolute Gasteiger partial charge is 0.339 e. The van der Waals surface area contributed by atoms with Crippen LogP contribution in [0, 0.1) is 10.1 Å². The number of nitro groups is 1. The van der Waals surface area contributed by atoms with Gasteiger partial charge in [0.25, 0.3) is 5.69 Å². The Morgan fingerprint density at radius 3 is 2.42 bits per heavy atom. The van der Waals surface area contributed by atoms with E-state index >= 15 is 0 Å². The summed E-state index contributed by atoms with van der Waals surface area (Å²) in [4.78, 5) is 34.9. The second kappa shape index (κ2) is 7.83. The number of halogens is 1. The SMILES string of the molecule is CCC(OC(=O)c1ccc(Br)c([N+](=O)[O-])c1)C(=O)c1ccccc1. The van der Waals surface area contributed by atoms with E-state index in [0.29, 0.717) is 12.0 Å². The monoisotopic (exact) mass is 391 g/mol. The van der Waals surface area contributed by atoms with Crippen LogP contribution in [0.2, 0.25) is 0 Å². The van der Waals surface area contributed by atoms with E-state index in [-0.39, 0.29) is 21.5 Å². The second-order valence-corrected chi connectivity index (χ2v) is 5.81. The van der Waals surface area contributed by atoms with E-state index in [1.165, 1.54) is 12.1 Å². The molecule has 0 amide bonds. The van der Waals surface area contributed by atoms with Gasteiger partial charge in [-0.3, -0.25) is 14.9 Å². The molecule has 0 bridgehead atoms. The third-order valence-electron chi connectivity index (χ3n) is 3.35. The zero-order chi connectivity index (χ0) is 17.7. The molecule has 24 heavy (non-hydrogen) atoms. The second-order valence-electron chi connectivity index (χ2n) is 4.96. The summed E-state index contributed by atoms with van der Waals surface area (Å²) in [6, 6.07) is 12.4. The Kier molecular flexibility index (Phi) is 5.81. The standard InChI is InChI=1S/C17H14BrNO5/c1-2-15(16(20)11-6-4-3-5-7-11)24-17(21)12-8-9-13(18)14(10-12)19(22)23/h3-10,15H,2H2,1H3. The molecule has 0 aliphatic heterocycles. The van der Waals surface area contributed by atoms with Crippen LogP contribution in [0.15, 0.2) is 53.0 Å². The van der Waals surface area contributed by atoms with Crippen LogP contribution in [0.4, 0.5) is 5.69 Å². The first kappa shape index (κ1) is 17.8. The molecule has 1 atom stereocenters. The lowest BCUT2D eigenvalue weighted by molar-refractivity contribution is -0.385. The molecule has 0 radical (unpaired) electrons. The molecule has 2 aromatic carbocycles. The molecule has 0 saturated carbocycles. The number of Topliss-reactive ketones (excluding diaryl/α,β-unsaturated/α-hetero) is 1. The van der Waals surface area contributed by atoms with Crippen LogP contribution in [0.3, 0.4) is 0 Å². The third kappa shape index (κ3) is 4.05. The first-order chi connectivity index (χ1) is 11.4. The van der Waals surface area contributed by atoms with Gasteiger partial charge in [0.1, 0.15) is 0 Å². The molecule has 1 unspecified atom stereocenters. The van der Waals surface area contributed by atoms with E-state index in [2.05, 4.69) is 15.9 Å². The number of nitrogens with zero attached hydrogens (tertiary/aromatic N) is 1. The molecule has 6 nitrogen and oxygen atoms in total. The Morgan fingerprint density at radius 1 is 1.17 bits per heavy atom. The highest BCUT2D eigenvalue weighted by Crippen LogP contribution is 2.26. The lowest BCUT2D eigenvalue weighted by Gasteiger charge is -2.15. The van der Waals surface area contributed by atoms with E-state index in [4.69, 9.17) is 4.74 Å². The number of ether oxygens (including phenoxy) is 1. The summed E-state index contributed by atoms with van der Waals surface area (Å²) >= 11 is 3.05. The van der Waals surface area contributed by atoms with E-state index in [1.807, 2.05) is 0 Å². The molecule has 0 saturated heterocycles. The number of benzene rings is 2. The van der Waals surface area contributed by atoms with Gasteiger partial charge in [-0.05, 0) is 34.5 Å². The fraction of sp³-hybridized carbons (Fsp3) is 0.176. The van der Waals surface area contributed by atoms with Crippen molar-refractivity contribution < 1.29 is 19.2 Å². The van der Waals surface area contributed by atoms with Gasteiger partial charge in [-0.2, -0.15) is 0 Å². The summed E-state index contributed by atoms with van der Waals surface area (Å²) in [5, 5.41) is 10.9. The summed E-state index contributed by atoms with van der Waals surface area (Å²) in [7, 11) is 0. The molecular formula is C17H14BrNO5. The lowest BCUT2D eigenvalue weighted by atomic mass is 10.0. The normalized spacial score (nSPS) is 11.6. The predicted octanol–water partition coefficient (Wildman–Crippen LogP) is 4.18. The number of hydrogen-bond acceptors (Lipinski definition) is 5. The van der Waals surface area contributed by atoms with Gasteiger partial charge in [-0.25, -0.2) is 4.79 Å². The fourth-order valence-electron chi connectivity index (χ4n) is 2.09. The first-order valence-corrected chi connectivity index (χ1v) is 7.97. The summed E-state index contributed by atoms with van der Waals surface area (Å²) < 4.78 is 5.51. The van der Waals surface area contributed by atoms with Gasteiger partial charge in [0, 0.05) is 11.6 Å². The largest absolute Gasteiger partial charge is 0.450 e. The lowest BCUT2D eigenvalue weighted by Crippen LogP contribution is -2.26. The molecule has 2 rings (SSSR count). The van der Waals surface area contributed by atoms with E-state index in [0.717, 1.165) is 6.07 Å². The maximum Gasteiger partial charge on any atom is 0.339 e. The Balaban J connectivity index is 2.19. The van der Waals surface area contributed by atoms with Gasteiger partial charge in [-0.1, -0.05) is 37.3 Å². The minimum absolute atomic E-state index is 0.0178. The van der Waals surface area contributed by atoms with Crippen LogP contribution in [-0.2, 0) is 4.74 Å². The van der Waals surface area contributed by atoms with Crippen molar-refractivity contribution in [3.63, 3.8) is 0 Å². The van der Waals surface area contributed by atoms with E-state index in [1.54, 1.807) is 37.3 Å². The summed E-state index contributed by atoms with van der Waals surface area (Å²) in [6.45, 7) is 1.73. The molecule has 0 aromatic heterocycles. The molecule has 0 aliphatic carbocycles. The zero-order valence-corrected chi connectivity index (χ0v) is 14.4. The predicted molar refractivity (Wildman–Crippen MR) is 91.1 cm³/mol. The van der Waals surface area contributed by atoms with Crippen molar-refractivity contribution in [2.45, 2.75) is 19.4 Å². The molecule has 0 N–H and O–H groups in total. The maximum atomic E-state index is 12.4. The van der Waals surface area contributed by atoms with Crippen LogP contribution >= 0.6 is 15.9 Å². The highest BCUT2D eigenvalue weighted by molar-refractivity contribution is 9.10. The number of esters is 1. The maximum absolute atomic E-state index is 12.4. The Morgan fingerprint density at radius 2 is 1.83 bits per heavy atom. The Labute approximate surface area is 146 Å². The highest BCUT2D eigenvalue weighted by atomic mass is 79.9. The van der Waals surface area contributed by atoms with Gasteiger partial charge in [0.05, 0.1) is 15.0 Å². The van der Waals surface area contributed by atoms with E-state index in [9.17, 15) is 19.7 Å². The molecule has 7 heteroatoms. The molecule has 0 heterocycles. The van der Waals surface area contributed by atoms with Crippen molar-refractivity contribution in [2.24, 2.45) is 0 Å². The quantitative estimate of drug-likeness (QED) is 0.319. The van der Waals surface area contributed by atoms with Crippen LogP contribution in [-0.4, -0.2) is 22.8 Å². The minimum Gasteiger partial charge on any atom is -0.450 e. The molecule has 0 fully saturated rings. The van der Waals surface area contributed by atoms with Crippen LogP contribution in [0.25, 0.3) is 0 Å². The number of carbonyl (C=O) groups excluding carboxylic acids is 2. The molecule has 0 spiro atoms. The van der Waals surface area contributed by atoms with Crippen molar-refractivity contribution >= 4 is 33.4 Å². The van der Waals surface area contributed by atoms with Gasteiger partial charge in [0.2, 0.25) is 5.78 Å².